The molecule has 2 heterocycles. The van der Waals surface area contributed by atoms with Gasteiger partial charge in [-0.15, -0.1) is 0 Å². The molecule has 0 bridgehead atoms. The van der Waals surface area contributed by atoms with Crippen LogP contribution in [-0.4, -0.2) is 88.5 Å². The predicted octanol–water partition coefficient (Wildman–Crippen LogP) is 0.246. The molecule has 2 aliphatic heterocycles. The maximum atomic E-state index is 12.8. The Bertz CT molecular complexity index is 905. The third kappa shape index (κ3) is 9.44. The number of ketones is 1. The number of hydrogen-bond donors (Lipinski definition) is 6. The molecule has 6 unspecified atom stereocenters. The maximum Gasteiger partial charge on any atom is 0.315 e. The molecule has 6 atom stereocenters. The summed E-state index contributed by atoms with van der Waals surface area (Å²) in [6.07, 6.45) is 2.77. The summed E-state index contributed by atoms with van der Waals surface area (Å²) in [7, 11) is 0. The number of halogens is 1. The fourth-order valence-corrected chi connectivity index (χ4v) is 5.95. The molecule has 2 rings (SSSR count). The molecule has 0 radical (unpaired) electrons. The number of hydrogen-bond acceptors (Lipinski definition) is 7. The topological polar surface area (TPSA) is 183 Å². The Morgan fingerprint density at radius 2 is 1.74 bits per heavy atom. The van der Waals surface area contributed by atoms with Crippen molar-refractivity contribution in [3.05, 3.63) is 0 Å². The number of carboxylic acid groups (broad SMARTS) is 1. The van der Waals surface area contributed by atoms with E-state index < -0.39 is 54.8 Å². The second-order valence-electron chi connectivity index (χ2n) is 10.00. The first-order valence-corrected chi connectivity index (χ1v) is 13.9. The van der Waals surface area contributed by atoms with Crippen molar-refractivity contribution in [2.24, 2.45) is 5.92 Å². The molecule has 6 N–H and O–H groups in total. The van der Waals surface area contributed by atoms with E-state index in [1.54, 1.807) is 13.8 Å². The summed E-state index contributed by atoms with van der Waals surface area (Å²) < 4.78 is 12.7. The van der Waals surface area contributed by atoms with E-state index in [4.69, 9.17) is 5.11 Å². The largest absolute Gasteiger partial charge is 0.481 e. The Labute approximate surface area is 225 Å². The quantitative estimate of drug-likeness (QED) is 0.115. The van der Waals surface area contributed by atoms with Gasteiger partial charge in [-0.2, -0.15) is 11.8 Å². The number of carbonyl (C=O) groups excluding carboxylic acids is 5. The van der Waals surface area contributed by atoms with Crippen LogP contribution < -0.4 is 26.6 Å². The van der Waals surface area contributed by atoms with Crippen LogP contribution in [0.3, 0.4) is 0 Å². The number of carboxylic acids is 1. The lowest BCUT2D eigenvalue weighted by Gasteiger charge is -2.24. The lowest BCUT2D eigenvalue weighted by Crippen LogP contribution is -2.56. The zero-order chi connectivity index (χ0) is 28.4. The normalized spacial score (nSPS) is 22.4. The van der Waals surface area contributed by atoms with Gasteiger partial charge in [0.1, 0.15) is 24.8 Å². The van der Waals surface area contributed by atoms with Crippen LogP contribution in [0.2, 0.25) is 0 Å². The number of nitrogens with one attached hydrogen (secondary N) is 5. The summed E-state index contributed by atoms with van der Waals surface area (Å²) in [5, 5.41) is 22.4. The summed E-state index contributed by atoms with van der Waals surface area (Å²) in [4.78, 5) is 71.6. The molecular weight excluding hydrogens is 521 g/mol. The minimum Gasteiger partial charge on any atom is -0.481 e. The molecule has 214 valence electrons. The van der Waals surface area contributed by atoms with E-state index in [0.717, 1.165) is 25.0 Å². The van der Waals surface area contributed by atoms with Crippen LogP contribution in [0.5, 0.6) is 0 Å². The van der Waals surface area contributed by atoms with Crippen LogP contribution in [0.1, 0.15) is 59.3 Å². The number of rotatable bonds is 16. The smallest absolute Gasteiger partial charge is 0.315 e. The van der Waals surface area contributed by atoms with Crippen molar-refractivity contribution < 1.29 is 38.3 Å². The first-order chi connectivity index (χ1) is 17.9. The fourth-order valence-electron chi connectivity index (χ4n) is 4.41. The predicted molar refractivity (Wildman–Crippen MR) is 138 cm³/mol. The van der Waals surface area contributed by atoms with Crippen molar-refractivity contribution in [1.29, 1.82) is 0 Å². The third-order valence-corrected chi connectivity index (χ3v) is 8.07. The number of unbranched alkanes of at least 4 members (excludes halogenated alkanes) is 2. The SMILES string of the molecule is CC(NC(=O)C(NC(=O)CCCCCC1SCC2NC(=O)NC21)C(C)C)C(=O)NC(CC(=O)O)C(=O)CF. The van der Waals surface area contributed by atoms with Crippen molar-refractivity contribution in [1.82, 2.24) is 26.6 Å². The van der Waals surface area contributed by atoms with Crippen molar-refractivity contribution >= 4 is 47.3 Å². The Hall–Kier alpha value is -2.90. The van der Waals surface area contributed by atoms with E-state index in [-0.39, 0.29) is 36.4 Å². The number of alkyl halides is 1. The summed E-state index contributed by atoms with van der Waals surface area (Å²) >= 11 is 1.84. The Morgan fingerprint density at radius 3 is 2.37 bits per heavy atom. The first kappa shape index (κ1) is 31.3. The minimum atomic E-state index is -1.55. The molecule has 0 spiro atoms. The van der Waals surface area contributed by atoms with E-state index in [9.17, 15) is 33.2 Å². The highest BCUT2D eigenvalue weighted by Crippen LogP contribution is 2.33. The van der Waals surface area contributed by atoms with Gasteiger partial charge in [-0.3, -0.25) is 24.0 Å². The number of thioether (sulfide) groups is 1. The lowest BCUT2D eigenvalue weighted by atomic mass is 10.0. The second-order valence-corrected chi connectivity index (χ2v) is 11.3. The molecule has 0 aromatic carbocycles. The number of aliphatic carboxylic acids is 1. The van der Waals surface area contributed by atoms with E-state index in [1.807, 2.05) is 11.8 Å². The van der Waals surface area contributed by atoms with Gasteiger partial charge in [-0.1, -0.05) is 26.7 Å². The van der Waals surface area contributed by atoms with Gasteiger partial charge >= 0.3 is 12.0 Å². The van der Waals surface area contributed by atoms with E-state index >= 15 is 0 Å². The van der Waals surface area contributed by atoms with Crippen molar-refractivity contribution in [3.63, 3.8) is 0 Å². The van der Waals surface area contributed by atoms with Crippen LogP contribution in [0.15, 0.2) is 0 Å². The van der Waals surface area contributed by atoms with E-state index in [0.29, 0.717) is 11.7 Å². The molecule has 0 aliphatic carbocycles. The van der Waals surface area contributed by atoms with Crippen LogP contribution >= 0.6 is 11.8 Å². The highest BCUT2D eigenvalue weighted by atomic mass is 32.2. The monoisotopic (exact) mass is 559 g/mol. The Morgan fingerprint density at radius 1 is 1.03 bits per heavy atom. The molecule has 2 saturated heterocycles. The highest BCUT2D eigenvalue weighted by molar-refractivity contribution is 8.00. The number of fused-ring (bicyclic) bond motifs is 1. The molecule has 12 nitrogen and oxygen atoms in total. The molecule has 0 saturated carbocycles. The van der Waals surface area contributed by atoms with Gasteiger partial charge in [-0.05, 0) is 25.7 Å². The summed E-state index contributed by atoms with van der Waals surface area (Å²) in [5.41, 5.74) is 0. The summed E-state index contributed by atoms with van der Waals surface area (Å²) in [6.45, 7) is 3.38. The van der Waals surface area contributed by atoms with Gasteiger partial charge in [0.25, 0.3) is 0 Å². The summed E-state index contributed by atoms with van der Waals surface area (Å²) in [6, 6.07) is -3.40. The fraction of sp³-hybridized carbons (Fsp3) is 0.750. The molecule has 0 aromatic rings. The average molecular weight is 560 g/mol. The standard InChI is InChI=1S/C24H38FN5O7S/c1-12(2)20(23(36)26-13(3)22(35)27-14(9-19(33)34)16(31)10-25)29-18(32)8-6-4-5-7-17-21-15(11-38-17)28-24(37)30-21/h12-15,17,20-21H,4-11H2,1-3H3,(H,26,36)(H,27,35)(H,29,32)(H,33,34)(H2,28,30,37). The lowest BCUT2D eigenvalue weighted by molar-refractivity contribution is -0.140. The van der Waals surface area contributed by atoms with Crippen LogP contribution in [-0.2, 0) is 24.0 Å². The average Bonchev–Trinajstić information content (AvgIpc) is 3.39. The van der Waals surface area contributed by atoms with Crippen molar-refractivity contribution in [2.75, 3.05) is 12.4 Å². The van der Waals surface area contributed by atoms with Gasteiger partial charge in [-0.25, -0.2) is 9.18 Å². The van der Waals surface area contributed by atoms with E-state index in [2.05, 4.69) is 26.6 Å². The van der Waals surface area contributed by atoms with Gasteiger partial charge in [0.2, 0.25) is 17.7 Å². The van der Waals surface area contributed by atoms with Gasteiger partial charge in [0.15, 0.2) is 5.78 Å². The van der Waals surface area contributed by atoms with Crippen LogP contribution in [0, 0.1) is 5.92 Å². The second kappa shape index (κ2) is 14.9. The molecule has 5 amide bonds. The number of Topliss-reactive ketones (excluding diaryl/α,β-unsaturated/α-hetero) is 1. The Kier molecular flexibility index (Phi) is 12.3. The molecular formula is C24H38FN5O7S. The van der Waals surface area contributed by atoms with Crippen molar-refractivity contribution in [2.45, 2.75) is 94.8 Å². The van der Waals surface area contributed by atoms with E-state index in [1.165, 1.54) is 6.92 Å². The van der Waals surface area contributed by atoms with Crippen molar-refractivity contribution in [3.8, 4) is 0 Å². The molecule has 14 heteroatoms. The van der Waals surface area contributed by atoms with Crippen LogP contribution in [0.4, 0.5) is 9.18 Å². The summed E-state index contributed by atoms with van der Waals surface area (Å²) in [5.74, 6) is -3.61. The van der Waals surface area contributed by atoms with Gasteiger partial charge < -0.3 is 31.7 Å². The zero-order valence-corrected chi connectivity index (χ0v) is 22.7. The van der Waals surface area contributed by atoms with Crippen LogP contribution in [0.25, 0.3) is 0 Å². The minimum absolute atomic E-state index is 0.116. The number of carbonyl (C=O) groups is 6. The molecule has 0 aromatic heterocycles. The third-order valence-electron chi connectivity index (χ3n) is 6.56. The molecule has 2 fully saturated rings. The highest BCUT2D eigenvalue weighted by Gasteiger charge is 2.42. The number of amides is 5. The van der Waals surface area contributed by atoms with Gasteiger partial charge in [0.05, 0.1) is 18.5 Å². The Balaban J connectivity index is 1.74. The molecule has 2 aliphatic rings. The van der Waals surface area contributed by atoms with Gasteiger partial charge in [0, 0.05) is 17.4 Å². The first-order valence-electron chi connectivity index (χ1n) is 12.8. The maximum absolute atomic E-state index is 12.8. The molecule has 38 heavy (non-hydrogen) atoms. The zero-order valence-electron chi connectivity index (χ0n) is 21.9. The number of urea groups is 1.